The highest BCUT2D eigenvalue weighted by molar-refractivity contribution is 14.1. The quantitative estimate of drug-likeness (QED) is 0.267. The number of nitrogens with zero attached hydrogens (tertiary/aromatic N) is 1. The average molecular weight is 747 g/mol. The third kappa shape index (κ3) is 6.08. The molecular formula is C20H16I3NO4S. The van der Waals surface area contributed by atoms with Gasteiger partial charge >= 0.3 is 0 Å². The highest BCUT2D eigenvalue weighted by Crippen LogP contribution is 2.35. The van der Waals surface area contributed by atoms with Gasteiger partial charge in [-0.3, -0.25) is 14.5 Å². The lowest BCUT2D eigenvalue weighted by atomic mass is 10.2. The van der Waals surface area contributed by atoms with Crippen molar-refractivity contribution in [2.75, 3.05) is 20.3 Å². The van der Waals surface area contributed by atoms with Gasteiger partial charge < -0.3 is 9.47 Å². The van der Waals surface area contributed by atoms with Gasteiger partial charge in [-0.15, -0.1) is 0 Å². The molecule has 29 heavy (non-hydrogen) atoms. The van der Waals surface area contributed by atoms with Gasteiger partial charge in [-0.2, -0.15) is 0 Å². The van der Waals surface area contributed by atoms with Crippen molar-refractivity contribution in [2.24, 2.45) is 0 Å². The number of ether oxygens (including phenoxy) is 2. The molecule has 3 rings (SSSR count). The lowest BCUT2D eigenvalue weighted by Crippen LogP contribution is -2.31. The molecular weight excluding hydrogens is 731 g/mol. The van der Waals surface area contributed by atoms with E-state index in [-0.39, 0.29) is 17.7 Å². The number of hydrogen-bond donors (Lipinski definition) is 0. The van der Waals surface area contributed by atoms with E-state index in [0.29, 0.717) is 18.1 Å². The number of rotatable bonds is 7. The van der Waals surface area contributed by atoms with E-state index >= 15 is 0 Å². The van der Waals surface area contributed by atoms with Crippen LogP contribution in [0.3, 0.4) is 0 Å². The number of imide groups is 1. The Kier molecular flexibility index (Phi) is 8.65. The third-order valence-corrected chi connectivity index (χ3v) is 7.24. The van der Waals surface area contributed by atoms with Crippen LogP contribution < -0.4 is 4.74 Å². The summed E-state index contributed by atoms with van der Waals surface area (Å²) in [4.78, 5) is 26.2. The fourth-order valence-corrected chi connectivity index (χ4v) is 5.92. The molecule has 1 fully saturated rings. The van der Waals surface area contributed by atoms with E-state index in [2.05, 4.69) is 92.0 Å². The second-order valence-electron chi connectivity index (χ2n) is 6.05. The maximum absolute atomic E-state index is 12.5. The summed E-state index contributed by atoms with van der Waals surface area (Å²) >= 11 is 7.70. The molecule has 0 spiro atoms. The van der Waals surface area contributed by atoms with Crippen molar-refractivity contribution in [2.45, 2.75) is 6.61 Å². The van der Waals surface area contributed by atoms with Crippen molar-refractivity contribution in [1.29, 1.82) is 0 Å². The molecule has 1 saturated heterocycles. The third-order valence-electron chi connectivity index (χ3n) is 4.01. The van der Waals surface area contributed by atoms with E-state index in [9.17, 15) is 9.59 Å². The standard InChI is InChI=1S/C20H16I3NO4S/c1-27-7-6-24-19(25)17(29-20(24)26)10-13-8-15(22)18(16(23)9-13)28-11-12-2-4-14(21)5-3-12/h2-5,8-10H,6-7,11H2,1H3/b17-10+. The molecule has 1 heterocycles. The first-order valence-electron chi connectivity index (χ1n) is 8.49. The topological polar surface area (TPSA) is 55.8 Å². The van der Waals surface area contributed by atoms with Crippen LogP contribution in [-0.2, 0) is 16.1 Å². The zero-order valence-electron chi connectivity index (χ0n) is 15.3. The molecule has 2 aromatic carbocycles. The van der Waals surface area contributed by atoms with Crippen LogP contribution in [0.25, 0.3) is 6.08 Å². The number of carbonyl (C=O) groups is 2. The van der Waals surface area contributed by atoms with Crippen molar-refractivity contribution in [3.8, 4) is 5.75 Å². The van der Waals surface area contributed by atoms with E-state index in [1.165, 1.54) is 8.47 Å². The van der Waals surface area contributed by atoms with Crippen LogP contribution in [0, 0.1) is 10.7 Å². The van der Waals surface area contributed by atoms with E-state index in [1.54, 1.807) is 13.2 Å². The van der Waals surface area contributed by atoms with Gasteiger partial charge in [-0.25, -0.2) is 0 Å². The molecule has 0 radical (unpaired) electrons. The Labute approximate surface area is 214 Å². The minimum atomic E-state index is -0.277. The first-order valence-corrected chi connectivity index (χ1v) is 12.5. The van der Waals surface area contributed by atoms with E-state index in [1.807, 2.05) is 12.1 Å². The van der Waals surface area contributed by atoms with Gasteiger partial charge in [0.25, 0.3) is 11.1 Å². The first-order chi connectivity index (χ1) is 13.9. The zero-order chi connectivity index (χ0) is 21.0. The van der Waals surface area contributed by atoms with Crippen LogP contribution in [-0.4, -0.2) is 36.3 Å². The number of methoxy groups -OCH3 is 1. The summed E-state index contributed by atoms with van der Waals surface area (Å²) < 4.78 is 14.1. The molecule has 0 unspecified atom stereocenters. The normalized spacial score (nSPS) is 15.4. The Morgan fingerprint density at radius 2 is 1.72 bits per heavy atom. The van der Waals surface area contributed by atoms with Crippen molar-refractivity contribution >= 4 is 96.8 Å². The molecule has 0 aromatic heterocycles. The van der Waals surface area contributed by atoms with Gasteiger partial charge in [0.05, 0.1) is 25.2 Å². The summed E-state index contributed by atoms with van der Waals surface area (Å²) in [5, 5.41) is -0.264. The first kappa shape index (κ1) is 23.3. The lowest BCUT2D eigenvalue weighted by Gasteiger charge is -2.12. The molecule has 9 heteroatoms. The summed E-state index contributed by atoms with van der Waals surface area (Å²) in [5.74, 6) is 0.538. The fourth-order valence-electron chi connectivity index (χ4n) is 2.56. The zero-order valence-corrected chi connectivity index (χ0v) is 22.6. The van der Waals surface area contributed by atoms with Gasteiger partial charge in [-0.1, -0.05) is 12.1 Å². The Bertz CT molecular complexity index is 940. The Hall–Kier alpha value is -0.380. The molecule has 1 aliphatic rings. The van der Waals surface area contributed by atoms with Crippen LogP contribution >= 0.6 is 79.5 Å². The van der Waals surface area contributed by atoms with Gasteiger partial charge in [0.15, 0.2) is 0 Å². The van der Waals surface area contributed by atoms with E-state index < -0.39 is 0 Å². The van der Waals surface area contributed by atoms with Crippen molar-refractivity contribution in [3.63, 3.8) is 0 Å². The highest BCUT2D eigenvalue weighted by atomic mass is 127. The predicted octanol–water partition coefficient (Wildman–Crippen LogP) is 5.76. The van der Waals surface area contributed by atoms with Crippen LogP contribution in [0.15, 0.2) is 41.3 Å². The van der Waals surface area contributed by atoms with Gasteiger partial charge in [-0.05, 0) is 121 Å². The summed E-state index contributed by atoms with van der Waals surface area (Å²) in [6.07, 6.45) is 1.75. The van der Waals surface area contributed by atoms with Gasteiger partial charge in [0, 0.05) is 10.7 Å². The second kappa shape index (κ2) is 10.8. The largest absolute Gasteiger partial charge is 0.487 e. The van der Waals surface area contributed by atoms with E-state index in [4.69, 9.17) is 9.47 Å². The minimum Gasteiger partial charge on any atom is -0.487 e. The number of carbonyl (C=O) groups excluding carboxylic acids is 2. The maximum atomic E-state index is 12.5. The van der Waals surface area contributed by atoms with Gasteiger partial charge in [0.2, 0.25) is 0 Å². The number of amides is 2. The summed E-state index contributed by atoms with van der Waals surface area (Å²) in [5.41, 5.74) is 1.96. The summed E-state index contributed by atoms with van der Waals surface area (Å²) in [6, 6.07) is 12.1. The Morgan fingerprint density at radius 3 is 2.34 bits per heavy atom. The molecule has 152 valence electrons. The molecule has 0 N–H and O–H groups in total. The molecule has 2 amide bonds. The minimum absolute atomic E-state index is 0.263. The summed E-state index contributed by atoms with van der Waals surface area (Å²) in [7, 11) is 1.54. The fraction of sp³-hybridized carbons (Fsp3) is 0.200. The number of halogens is 3. The SMILES string of the molecule is COCCN1C(=O)S/C(=C/c2cc(I)c(OCc3ccc(I)cc3)c(I)c2)C1=O. The average Bonchev–Trinajstić information content (AvgIpc) is 2.94. The molecule has 0 bridgehead atoms. The van der Waals surface area contributed by atoms with Gasteiger partial charge in [0.1, 0.15) is 12.4 Å². The van der Waals surface area contributed by atoms with Crippen molar-refractivity contribution in [3.05, 3.63) is 63.1 Å². The van der Waals surface area contributed by atoms with Crippen LogP contribution in [0.5, 0.6) is 5.75 Å². The summed E-state index contributed by atoms with van der Waals surface area (Å²) in [6.45, 7) is 1.08. The van der Waals surface area contributed by atoms with E-state index in [0.717, 1.165) is 35.8 Å². The molecule has 0 saturated carbocycles. The number of benzene rings is 2. The van der Waals surface area contributed by atoms with Crippen LogP contribution in [0.1, 0.15) is 11.1 Å². The van der Waals surface area contributed by atoms with Crippen LogP contribution in [0.4, 0.5) is 4.79 Å². The highest BCUT2D eigenvalue weighted by Gasteiger charge is 2.34. The predicted molar refractivity (Wildman–Crippen MR) is 140 cm³/mol. The Morgan fingerprint density at radius 1 is 1.07 bits per heavy atom. The van der Waals surface area contributed by atoms with Crippen LogP contribution in [0.2, 0.25) is 0 Å². The molecule has 1 aliphatic heterocycles. The second-order valence-corrected chi connectivity index (χ2v) is 10.6. The van der Waals surface area contributed by atoms with Crippen molar-refractivity contribution < 1.29 is 19.1 Å². The van der Waals surface area contributed by atoms with Crippen molar-refractivity contribution in [1.82, 2.24) is 4.90 Å². The number of thioether (sulfide) groups is 1. The molecule has 5 nitrogen and oxygen atoms in total. The molecule has 0 atom stereocenters. The maximum Gasteiger partial charge on any atom is 0.293 e. The number of hydrogen-bond acceptors (Lipinski definition) is 5. The smallest absolute Gasteiger partial charge is 0.293 e. The lowest BCUT2D eigenvalue weighted by molar-refractivity contribution is -0.123. The monoisotopic (exact) mass is 747 g/mol. The molecule has 0 aliphatic carbocycles. The molecule has 2 aromatic rings. The Balaban J connectivity index is 1.75.